The summed E-state index contributed by atoms with van der Waals surface area (Å²) in [5.41, 5.74) is 4.17. The Kier molecular flexibility index (Phi) is 5.50. The molecule has 0 unspecified atom stereocenters. The van der Waals surface area contributed by atoms with Crippen LogP contribution in [0.5, 0.6) is 5.75 Å². The van der Waals surface area contributed by atoms with Gasteiger partial charge in [0.1, 0.15) is 5.75 Å². The van der Waals surface area contributed by atoms with E-state index in [9.17, 15) is 18.0 Å². The molecule has 4 aromatic rings. The number of fused-ring (bicyclic) bond motifs is 1. The number of aromatic amines is 1. The average Bonchev–Trinajstić information content (AvgIpc) is 2.70. The van der Waals surface area contributed by atoms with Crippen LogP contribution in [0.4, 0.5) is 13.2 Å². The molecular formula is C24H17ClF3NO2. The van der Waals surface area contributed by atoms with Crippen LogP contribution >= 0.6 is 11.6 Å². The van der Waals surface area contributed by atoms with Crippen LogP contribution in [0, 0.1) is 6.92 Å². The number of rotatable bonds is 4. The van der Waals surface area contributed by atoms with E-state index in [1.54, 1.807) is 31.2 Å². The fraction of sp³-hybridized carbons (Fsp3) is 0.125. The molecule has 1 heterocycles. The van der Waals surface area contributed by atoms with Crippen LogP contribution in [0.25, 0.3) is 22.2 Å². The molecule has 7 heteroatoms. The predicted octanol–water partition coefficient (Wildman–Crippen LogP) is 6.65. The van der Waals surface area contributed by atoms with Crippen molar-refractivity contribution in [2.75, 3.05) is 0 Å². The van der Waals surface area contributed by atoms with Crippen molar-refractivity contribution in [1.29, 1.82) is 0 Å². The van der Waals surface area contributed by atoms with Crippen molar-refractivity contribution < 1.29 is 17.9 Å². The van der Waals surface area contributed by atoms with Crippen molar-refractivity contribution in [1.82, 2.24) is 4.98 Å². The van der Waals surface area contributed by atoms with Crippen LogP contribution in [-0.4, -0.2) is 11.3 Å². The van der Waals surface area contributed by atoms with E-state index in [0.29, 0.717) is 39.2 Å². The van der Waals surface area contributed by atoms with Crippen LogP contribution in [0.1, 0.15) is 16.7 Å². The SMILES string of the molecule is Cc1c(-c2cccc(Cc3cccc(OC(F)(F)F)c3)c2)[nH]c2cc(Cl)ccc2c1=O. The number of H-pyrrole nitrogens is 1. The Morgan fingerprint density at radius 2 is 1.68 bits per heavy atom. The van der Waals surface area contributed by atoms with Gasteiger partial charge in [0.05, 0.1) is 11.2 Å². The van der Waals surface area contributed by atoms with Crippen LogP contribution < -0.4 is 10.2 Å². The van der Waals surface area contributed by atoms with E-state index < -0.39 is 6.36 Å². The van der Waals surface area contributed by atoms with Gasteiger partial charge in [-0.3, -0.25) is 4.79 Å². The third kappa shape index (κ3) is 4.75. The molecular weight excluding hydrogens is 427 g/mol. The standard InChI is InChI=1S/C24H17ClF3NO2/c1-14-22(29-21-13-18(25)8-9-20(21)23(14)30)17-6-2-4-15(11-17)10-16-5-3-7-19(12-16)31-24(26,27)28/h2-9,11-13H,10H2,1H3,(H,29,30). The summed E-state index contributed by atoms with van der Waals surface area (Å²) in [6.45, 7) is 1.76. The summed E-state index contributed by atoms with van der Waals surface area (Å²) in [4.78, 5) is 16.1. The highest BCUT2D eigenvalue weighted by Gasteiger charge is 2.31. The van der Waals surface area contributed by atoms with Crippen molar-refractivity contribution in [3.05, 3.63) is 98.7 Å². The molecule has 0 saturated carbocycles. The molecule has 0 amide bonds. The topological polar surface area (TPSA) is 42.1 Å². The smallest absolute Gasteiger partial charge is 0.406 e. The highest BCUT2D eigenvalue weighted by molar-refractivity contribution is 6.31. The van der Waals surface area contributed by atoms with Crippen LogP contribution in [-0.2, 0) is 6.42 Å². The van der Waals surface area contributed by atoms with Crippen molar-refractivity contribution >= 4 is 22.5 Å². The minimum absolute atomic E-state index is 0.0807. The molecule has 0 radical (unpaired) electrons. The summed E-state index contributed by atoms with van der Waals surface area (Å²) in [7, 11) is 0. The molecule has 0 aliphatic heterocycles. The highest BCUT2D eigenvalue weighted by atomic mass is 35.5. The van der Waals surface area contributed by atoms with Crippen molar-refractivity contribution in [2.24, 2.45) is 0 Å². The summed E-state index contributed by atoms with van der Waals surface area (Å²) < 4.78 is 41.5. The van der Waals surface area contributed by atoms with E-state index in [2.05, 4.69) is 9.72 Å². The number of aromatic nitrogens is 1. The van der Waals surface area contributed by atoms with Gasteiger partial charge < -0.3 is 9.72 Å². The van der Waals surface area contributed by atoms with Gasteiger partial charge in [0, 0.05) is 16.0 Å². The lowest BCUT2D eigenvalue weighted by atomic mass is 9.99. The second-order valence-corrected chi connectivity index (χ2v) is 7.65. The Morgan fingerprint density at radius 3 is 2.42 bits per heavy atom. The Hall–Kier alpha value is -3.25. The zero-order valence-corrected chi connectivity index (χ0v) is 17.1. The normalized spacial score (nSPS) is 11.6. The number of alkyl halides is 3. The van der Waals surface area contributed by atoms with Crippen LogP contribution in [0.2, 0.25) is 5.02 Å². The first kappa shape index (κ1) is 21.0. The molecule has 0 spiro atoms. The van der Waals surface area contributed by atoms with Gasteiger partial charge in [0.2, 0.25) is 0 Å². The molecule has 0 aliphatic rings. The van der Waals surface area contributed by atoms with E-state index >= 15 is 0 Å². The van der Waals surface area contributed by atoms with E-state index in [0.717, 1.165) is 11.1 Å². The summed E-state index contributed by atoms with van der Waals surface area (Å²) >= 11 is 6.07. The molecule has 1 aromatic heterocycles. The van der Waals surface area contributed by atoms with Gasteiger partial charge in [-0.15, -0.1) is 13.2 Å². The van der Waals surface area contributed by atoms with Gasteiger partial charge in [0.25, 0.3) is 0 Å². The number of ether oxygens (including phenoxy) is 1. The molecule has 3 nitrogen and oxygen atoms in total. The van der Waals surface area contributed by atoms with E-state index in [1.165, 1.54) is 18.2 Å². The number of benzene rings is 3. The second-order valence-electron chi connectivity index (χ2n) is 7.22. The quantitative estimate of drug-likeness (QED) is 0.384. The molecule has 3 aromatic carbocycles. The van der Waals surface area contributed by atoms with E-state index in [4.69, 9.17) is 11.6 Å². The van der Waals surface area contributed by atoms with Gasteiger partial charge in [-0.05, 0) is 66.4 Å². The zero-order valence-electron chi connectivity index (χ0n) is 16.4. The average molecular weight is 444 g/mol. The summed E-state index contributed by atoms with van der Waals surface area (Å²) in [6, 6.07) is 18.5. The Labute approximate surface area is 181 Å². The third-order valence-electron chi connectivity index (χ3n) is 4.96. The summed E-state index contributed by atoms with van der Waals surface area (Å²) in [6.07, 6.45) is -4.33. The maximum Gasteiger partial charge on any atom is 0.573 e. The van der Waals surface area contributed by atoms with Gasteiger partial charge in [0.15, 0.2) is 5.43 Å². The molecule has 1 N–H and O–H groups in total. The van der Waals surface area contributed by atoms with Gasteiger partial charge >= 0.3 is 6.36 Å². The third-order valence-corrected chi connectivity index (χ3v) is 5.19. The van der Waals surface area contributed by atoms with Crippen molar-refractivity contribution in [3.8, 4) is 17.0 Å². The first-order valence-electron chi connectivity index (χ1n) is 9.46. The first-order chi connectivity index (χ1) is 14.7. The number of hydrogen-bond acceptors (Lipinski definition) is 2. The first-order valence-corrected chi connectivity index (χ1v) is 9.83. The zero-order chi connectivity index (χ0) is 22.2. The number of hydrogen-bond donors (Lipinski definition) is 1. The second kappa shape index (κ2) is 8.12. The summed E-state index contributed by atoms with van der Waals surface area (Å²) in [5, 5.41) is 1.08. The highest BCUT2D eigenvalue weighted by Crippen LogP contribution is 2.27. The number of halogens is 4. The lowest BCUT2D eigenvalue weighted by Crippen LogP contribution is -2.17. The van der Waals surface area contributed by atoms with Gasteiger partial charge in [-0.25, -0.2) is 0 Å². The van der Waals surface area contributed by atoms with Crippen molar-refractivity contribution in [3.63, 3.8) is 0 Å². The molecule has 0 aliphatic carbocycles. The molecule has 4 rings (SSSR count). The largest absolute Gasteiger partial charge is 0.573 e. The Morgan fingerprint density at radius 1 is 0.968 bits per heavy atom. The van der Waals surface area contributed by atoms with Gasteiger partial charge in [-0.2, -0.15) is 0 Å². The Balaban J connectivity index is 1.69. The molecule has 0 bridgehead atoms. The molecule has 0 fully saturated rings. The van der Waals surface area contributed by atoms with Crippen LogP contribution in [0.3, 0.4) is 0 Å². The molecule has 0 atom stereocenters. The molecule has 158 valence electrons. The number of nitrogens with one attached hydrogen (secondary N) is 1. The van der Waals surface area contributed by atoms with E-state index in [-0.39, 0.29) is 11.2 Å². The van der Waals surface area contributed by atoms with Gasteiger partial charge in [-0.1, -0.05) is 41.9 Å². The van der Waals surface area contributed by atoms with Crippen LogP contribution in [0.15, 0.2) is 71.5 Å². The monoisotopic (exact) mass is 443 g/mol. The van der Waals surface area contributed by atoms with Crippen molar-refractivity contribution in [2.45, 2.75) is 19.7 Å². The lowest BCUT2D eigenvalue weighted by molar-refractivity contribution is -0.274. The lowest BCUT2D eigenvalue weighted by Gasteiger charge is -2.12. The maximum atomic E-state index is 12.8. The maximum absolute atomic E-state index is 12.8. The minimum Gasteiger partial charge on any atom is -0.406 e. The predicted molar refractivity (Wildman–Crippen MR) is 116 cm³/mol. The minimum atomic E-state index is -4.74. The fourth-order valence-electron chi connectivity index (χ4n) is 3.58. The Bertz CT molecular complexity index is 1330. The molecule has 0 saturated heterocycles. The fourth-order valence-corrected chi connectivity index (χ4v) is 3.75. The molecule has 31 heavy (non-hydrogen) atoms. The van der Waals surface area contributed by atoms with E-state index in [1.807, 2.05) is 24.3 Å². The summed E-state index contributed by atoms with van der Waals surface area (Å²) in [5.74, 6) is -0.257. The number of pyridine rings is 1.